The van der Waals surface area contributed by atoms with Crippen LogP contribution in [0.3, 0.4) is 0 Å². The van der Waals surface area contributed by atoms with E-state index in [2.05, 4.69) is 33.2 Å². The minimum atomic E-state index is -1.01. The fourth-order valence-electron chi connectivity index (χ4n) is 4.10. The summed E-state index contributed by atoms with van der Waals surface area (Å²) in [7, 11) is 0. The van der Waals surface area contributed by atoms with Gasteiger partial charge in [0.1, 0.15) is 11.6 Å². The number of hydrogen-bond donors (Lipinski definition) is 3. The topological polar surface area (TPSA) is 84.9 Å². The highest BCUT2D eigenvalue weighted by Gasteiger charge is 2.27. The lowest BCUT2D eigenvalue weighted by molar-refractivity contribution is -0.137. The van der Waals surface area contributed by atoms with Gasteiger partial charge in [0.25, 0.3) is 0 Å². The first-order valence-electron chi connectivity index (χ1n) is 11.6. The predicted octanol–water partition coefficient (Wildman–Crippen LogP) is 1.91. The van der Waals surface area contributed by atoms with Gasteiger partial charge < -0.3 is 20.6 Å². The summed E-state index contributed by atoms with van der Waals surface area (Å²) >= 11 is 2.23. The number of aliphatic hydroxyl groups is 1. The van der Waals surface area contributed by atoms with Crippen LogP contribution in [-0.2, 0) is 22.6 Å². The monoisotopic (exact) mass is 600 g/mol. The Bertz CT molecular complexity index is 1010. The molecule has 3 N–H and O–H groups in total. The fourth-order valence-corrected chi connectivity index (χ4v) is 4.71. The van der Waals surface area contributed by atoms with Crippen LogP contribution in [0.15, 0.2) is 42.5 Å². The molecule has 2 unspecified atom stereocenters. The van der Waals surface area contributed by atoms with Crippen LogP contribution in [0.4, 0.5) is 8.78 Å². The van der Waals surface area contributed by atoms with Crippen LogP contribution >= 0.6 is 22.6 Å². The molecule has 2 atom stereocenters. The van der Waals surface area contributed by atoms with E-state index < -0.39 is 23.8 Å². The molecular formula is C25H31F2IN4O3. The number of rotatable bonds is 11. The van der Waals surface area contributed by atoms with Gasteiger partial charge >= 0.3 is 0 Å². The molecule has 1 aliphatic rings. The third kappa shape index (κ3) is 8.78. The third-order valence-electron chi connectivity index (χ3n) is 5.91. The third-order valence-corrected chi connectivity index (χ3v) is 6.58. The standard InChI is InChI=1S/C25H31F2IN4O3/c1-2-32-7-6-31(16-25(32)35)15-24(34)30-22(11-18-8-19(26)12-20(27)9-18)23(33)14-29-13-17-4-3-5-21(28)10-17/h3-5,8-10,12,22-23,29,33H,2,6-7,11,13-16H2,1H3,(H,30,34). The molecule has 0 aromatic heterocycles. The maximum absolute atomic E-state index is 13.7. The van der Waals surface area contributed by atoms with Gasteiger partial charge in [0.15, 0.2) is 0 Å². The SMILES string of the molecule is CCN1CCN(CC(=O)NC(Cc2cc(F)cc(F)c2)C(O)CNCc2cccc(I)c2)CC1=O. The van der Waals surface area contributed by atoms with E-state index in [0.717, 1.165) is 15.2 Å². The van der Waals surface area contributed by atoms with Crippen LogP contribution in [0.25, 0.3) is 0 Å². The first-order valence-corrected chi connectivity index (χ1v) is 12.7. The van der Waals surface area contributed by atoms with Crippen molar-refractivity contribution < 1.29 is 23.5 Å². The molecule has 0 aliphatic carbocycles. The van der Waals surface area contributed by atoms with Crippen molar-refractivity contribution in [1.29, 1.82) is 0 Å². The molecule has 2 aromatic rings. The molecule has 2 amide bonds. The summed E-state index contributed by atoms with van der Waals surface area (Å²) in [6.45, 7) is 4.52. The van der Waals surface area contributed by atoms with Crippen LogP contribution in [0.1, 0.15) is 18.1 Å². The molecule has 3 rings (SSSR count). The number of nitrogens with one attached hydrogen (secondary N) is 2. The van der Waals surface area contributed by atoms with E-state index in [0.29, 0.717) is 31.7 Å². The number of amides is 2. The molecule has 0 radical (unpaired) electrons. The second-order valence-electron chi connectivity index (χ2n) is 8.67. The number of piperazine rings is 1. The maximum Gasteiger partial charge on any atom is 0.236 e. The molecule has 0 spiro atoms. The van der Waals surface area contributed by atoms with Crippen molar-refractivity contribution in [1.82, 2.24) is 20.4 Å². The van der Waals surface area contributed by atoms with Crippen LogP contribution in [0.5, 0.6) is 0 Å². The van der Waals surface area contributed by atoms with Gasteiger partial charge in [-0.05, 0) is 71.3 Å². The Labute approximate surface area is 218 Å². The molecule has 7 nitrogen and oxygen atoms in total. The van der Waals surface area contributed by atoms with Crippen LogP contribution in [0, 0.1) is 15.2 Å². The Balaban J connectivity index is 1.62. The van der Waals surface area contributed by atoms with Crippen LogP contribution < -0.4 is 10.6 Å². The molecule has 1 saturated heterocycles. The largest absolute Gasteiger partial charge is 0.390 e. The van der Waals surface area contributed by atoms with Gasteiger partial charge in [-0.15, -0.1) is 0 Å². The Morgan fingerprint density at radius 2 is 1.89 bits per heavy atom. The second kappa shape index (κ2) is 13.2. The van der Waals surface area contributed by atoms with E-state index in [1.807, 2.05) is 31.2 Å². The number of aliphatic hydroxyl groups excluding tert-OH is 1. The number of nitrogens with zero attached hydrogens (tertiary/aromatic N) is 2. The summed E-state index contributed by atoms with van der Waals surface area (Å²) in [5.74, 6) is -1.83. The van der Waals surface area contributed by atoms with Crippen molar-refractivity contribution in [2.45, 2.75) is 32.0 Å². The van der Waals surface area contributed by atoms with Gasteiger partial charge in [-0.2, -0.15) is 0 Å². The number of carbonyl (C=O) groups excluding carboxylic acids is 2. The highest BCUT2D eigenvalue weighted by Crippen LogP contribution is 2.13. The Morgan fingerprint density at radius 1 is 1.14 bits per heavy atom. The van der Waals surface area contributed by atoms with Gasteiger partial charge in [0.05, 0.1) is 25.2 Å². The lowest BCUT2D eigenvalue weighted by atomic mass is 10.0. The molecule has 10 heteroatoms. The predicted molar refractivity (Wildman–Crippen MR) is 138 cm³/mol. The molecular weight excluding hydrogens is 569 g/mol. The minimum Gasteiger partial charge on any atom is -0.390 e. The van der Waals surface area contributed by atoms with Crippen molar-refractivity contribution in [3.05, 3.63) is 68.8 Å². The second-order valence-corrected chi connectivity index (χ2v) is 9.91. The summed E-state index contributed by atoms with van der Waals surface area (Å²) in [5, 5.41) is 16.8. The van der Waals surface area contributed by atoms with Crippen LogP contribution in [0.2, 0.25) is 0 Å². The van der Waals surface area contributed by atoms with E-state index in [1.54, 1.807) is 9.80 Å². The highest BCUT2D eigenvalue weighted by molar-refractivity contribution is 14.1. The molecule has 1 aliphatic heterocycles. The summed E-state index contributed by atoms with van der Waals surface area (Å²) in [5.41, 5.74) is 1.38. The molecule has 2 aromatic carbocycles. The summed E-state index contributed by atoms with van der Waals surface area (Å²) in [6.07, 6.45) is -0.957. The first-order chi connectivity index (χ1) is 16.7. The lowest BCUT2D eigenvalue weighted by Gasteiger charge is -2.33. The van der Waals surface area contributed by atoms with Gasteiger partial charge in [0.2, 0.25) is 11.8 Å². The van der Waals surface area contributed by atoms with Gasteiger partial charge in [-0.1, -0.05) is 12.1 Å². The van der Waals surface area contributed by atoms with Gasteiger partial charge in [0, 0.05) is 42.4 Å². The molecule has 1 heterocycles. The Kier molecular flexibility index (Phi) is 10.4. The number of carbonyl (C=O) groups is 2. The van der Waals surface area contributed by atoms with E-state index in [9.17, 15) is 23.5 Å². The van der Waals surface area contributed by atoms with E-state index in [1.165, 1.54) is 12.1 Å². The normalized spacial score (nSPS) is 16.3. The molecule has 190 valence electrons. The number of likely N-dealkylation sites (N-methyl/N-ethyl adjacent to an activating group) is 1. The van der Waals surface area contributed by atoms with E-state index in [-0.39, 0.29) is 37.9 Å². The quantitative estimate of drug-likeness (QED) is 0.344. The summed E-state index contributed by atoms with van der Waals surface area (Å²) < 4.78 is 28.5. The zero-order valence-electron chi connectivity index (χ0n) is 19.6. The maximum atomic E-state index is 13.7. The van der Waals surface area contributed by atoms with E-state index >= 15 is 0 Å². The molecule has 35 heavy (non-hydrogen) atoms. The van der Waals surface area contributed by atoms with Crippen molar-refractivity contribution in [2.24, 2.45) is 0 Å². The fraction of sp³-hybridized carbons (Fsp3) is 0.440. The zero-order valence-corrected chi connectivity index (χ0v) is 21.8. The summed E-state index contributed by atoms with van der Waals surface area (Å²) in [4.78, 5) is 28.4. The number of hydrogen-bond acceptors (Lipinski definition) is 5. The van der Waals surface area contributed by atoms with Gasteiger partial charge in [-0.25, -0.2) is 8.78 Å². The zero-order chi connectivity index (χ0) is 25.4. The summed E-state index contributed by atoms with van der Waals surface area (Å²) in [6, 6.07) is 10.3. The molecule has 0 saturated carbocycles. The van der Waals surface area contributed by atoms with Crippen molar-refractivity contribution >= 4 is 34.4 Å². The highest BCUT2D eigenvalue weighted by atomic mass is 127. The molecule has 1 fully saturated rings. The first kappa shape index (κ1) is 27.4. The lowest BCUT2D eigenvalue weighted by Crippen LogP contribution is -2.55. The molecule has 0 bridgehead atoms. The van der Waals surface area contributed by atoms with Crippen molar-refractivity contribution in [3.8, 4) is 0 Å². The van der Waals surface area contributed by atoms with Crippen LogP contribution in [-0.4, -0.2) is 78.1 Å². The Morgan fingerprint density at radius 3 is 2.54 bits per heavy atom. The Hall–Kier alpha value is -2.15. The van der Waals surface area contributed by atoms with E-state index in [4.69, 9.17) is 0 Å². The minimum absolute atomic E-state index is 0.0000923. The average molecular weight is 600 g/mol. The number of halogens is 3. The average Bonchev–Trinajstić information content (AvgIpc) is 2.78. The smallest absolute Gasteiger partial charge is 0.236 e. The van der Waals surface area contributed by atoms with Gasteiger partial charge in [-0.3, -0.25) is 14.5 Å². The van der Waals surface area contributed by atoms with Crippen molar-refractivity contribution in [3.63, 3.8) is 0 Å². The number of benzene rings is 2. The van der Waals surface area contributed by atoms with Crippen molar-refractivity contribution in [2.75, 3.05) is 39.3 Å².